The van der Waals surface area contributed by atoms with Gasteiger partial charge in [-0.15, -0.1) is 0 Å². The maximum atomic E-state index is 11.4. The van der Waals surface area contributed by atoms with Gasteiger partial charge in [-0.3, -0.25) is 9.69 Å². The van der Waals surface area contributed by atoms with Crippen molar-refractivity contribution in [3.63, 3.8) is 0 Å². The Labute approximate surface area is 85.6 Å². The average molecular weight is 200 g/mol. The quantitative estimate of drug-likeness (QED) is 0.694. The summed E-state index contributed by atoms with van der Waals surface area (Å²) in [7, 11) is 1.67. The second-order valence-electron chi connectivity index (χ2n) is 4.00. The van der Waals surface area contributed by atoms with Crippen molar-refractivity contribution in [1.82, 2.24) is 10.2 Å². The molecular weight excluding hydrogens is 180 g/mol. The summed E-state index contributed by atoms with van der Waals surface area (Å²) in [5, 5.41) is 2.67. The van der Waals surface area contributed by atoms with Gasteiger partial charge in [-0.1, -0.05) is 0 Å². The molecule has 1 rings (SSSR count). The van der Waals surface area contributed by atoms with E-state index in [4.69, 9.17) is 4.74 Å². The number of hydrogen-bond donors (Lipinski definition) is 1. The molecule has 0 bridgehead atoms. The predicted molar refractivity (Wildman–Crippen MR) is 55.1 cm³/mol. The van der Waals surface area contributed by atoms with Gasteiger partial charge in [0.15, 0.2) is 0 Å². The van der Waals surface area contributed by atoms with Crippen LogP contribution in [0, 0.1) is 0 Å². The first-order chi connectivity index (χ1) is 6.54. The van der Waals surface area contributed by atoms with Crippen LogP contribution >= 0.6 is 0 Å². The summed E-state index contributed by atoms with van der Waals surface area (Å²) in [5.74, 6) is 0.0753. The monoisotopic (exact) mass is 200 g/mol. The van der Waals surface area contributed by atoms with Gasteiger partial charge in [0.05, 0.1) is 18.2 Å². The molecular formula is C10H20N2O2. The van der Waals surface area contributed by atoms with Gasteiger partial charge < -0.3 is 10.1 Å². The maximum absolute atomic E-state index is 11.4. The van der Waals surface area contributed by atoms with E-state index < -0.39 is 0 Å². The standard InChI is InChI=1S/C10H20N2O2/c1-7-5-12(6-8(2)14-7)9(3)10(13)11-4/h7-9H,5-6H2,1-4H3,(H,11,13)/t7-,8+,9-/m0/s1. The number of carbonyl (C=O) groups excluding carboxylic acids is 1. The van der Waals surface area contributed by atoms with Crippen LogP contribution in [0.2, 0.25) is 0 Å². The van der Waals surface area contributed by atoms with E-state index in [1.165, 1.54) is 0 Å². The van der Waals surface area contributed by atoms with Crippen molar-refractivity contribution in [3.05, 3.63) is 0 Å². The second-order valence-corrected chi connectivity index (χ2v) is 4.00. The van der Waals surface area contributed by atoms with E-state index in [0.717, 1.165) is 13.1 Å². The molecule has 4 heteroatoms. The molecule has 0 radical (unpaired) electrons. The molecule has 1 amide bonds. The van der Waals surface area contributed by atoms with E-state index in [-0.39, 0.29) is 24.2 Å². The Hall–Kier alpha value is -0.610. The zero-order valence-corrected chi connectivity index (χ0v) is 9.41. The van der Waals surface area contributed by atoms with Gasteiger partial charge >= 0.3 is 0 Å². The van der Waals surface area contributed by atoms with Gasteiger partial charge in [0, 0.05) is 20.1 Å². The summed E-state index contributed by atoms with van der Waals surface area (Å²) in [6.45, 7) is 7.68. The van der Waals surface area contributed by atoms with Crippen molar-refractivity contribution in [3.8, 4) is 0 Å². The summed E-state index contributed by atoms with van der Waals surface area (Å²) in [5.41, 5.74) is 0. The lowest BCUT2D eigenvalue weighted by Gasteiger charge is -2.38. The van der Waals surface area contributed by atoms with Gasteiger partial charge in [-0.2, -0.15) is 0 Å². The Kier molecular flexibility index (Phi) is 3.89. The molecule has 0 aromatic heterocycles. The van der Waals surface area contributed by atoms with E-state index in [2.05, 4.69) is 10.2 Å². The van der Waals surface area contributed by atoms with Gasteiger partial charge in [0.25, 0.3) is 0 Å². The number of carbonyl (C=O) groups is 1. The molecule has 14 heavy (non-hydrogen) atoms. The minimum Gasteiger partial charge on any atom is -0.373 e. The summed E-state index contributed by atoms with van der Waals surface area (Å²) < 4.78 is 5.61. The maximum Gasteiger partial charge on any atom is 0.236 e. The van der Waals surface area contributed by atoms with Crippen molar-refractivity contribution in [2.24, 2.45) is 0 Å². The average Bonchev–Trinajstić information content (AvgIpc) is 2.14. The number of ether oxygens (including phenoxy) is 1. The topological polar surface area (TPSA) is 41.6 Å². The Balaban J connectivity index is 2.54. The molecule has 0 aromatic rings. The van der Waals surface area contributed by atoms with Crippen LogP contribution in [0.4, 0.5) is 0 Å². The number of morpholine rings is 1. The van der Waals surface area contributed by atoms with Crippen LogP contribution in [-0.2, 0) is 9.53 Å². The number of amides is 1. The molecule has 0 spiro atoms. The third kappa shape index (κ3) is 2.69. The fourth-order valence-electron chi connectivity index (χ4n) is 1.91. The lowest BCUT2D eigenvalue weighted by molar-refractivity contribution is -0.131. The summed E-state index contributed by atoms with van der Waals surface area (Å²) in [6, 6.07) is -0.0613. The third-order valence-electron chi connectivity index (χ3n) is 2.62. The van der Waals surface area contributed by atoms with Crippen molar-refractivity contribution in [2.75, 3.05) is 20.1 Å². The third-order valence-corrected chi connectivity index (χ3v) is 2.62. The van der Waals surface area contributed by atoms with Gasteiger partial charge in [0.2, 0.25) is 5.91 Å². The molecule has 1 aliphatic rings. The normalized spacial score (nSPS) is 31.1. The first kappa shape index (κ1) is 11.5. The SMILES string of the molecule is CNC(=O)[C@H](C)N1C[C@@H](C)O[C@@H](C)C1. The molecule has 0 unspecified atom stereocenters. The highest BCUT2D eigenvalue weighted by Crippen LogP contribution is 2.13. The number of nitrogens with one attached hydrogen (secondary N) is 1. The van der Waals surface area contributed by atoms with Crippen LogP contribution in [0.25, 0.3) is 0 Å². The molecule has 4 nitrogen and oxygen atoms in total. The highest BCUT2D eigenvalue weighted by molar-refractivity contribution is 5.80. The van der Waals surface area contributed by atoms with Crippen LogP contribution in [0.5, 0.6) is 0 Å². The van der Waals surface area contributed by atoms with Gasteiger partial charge in [0.1, 0.15) is 0 Å². The number of hydrogen-bond acceptors (Lipinski definition) is 3. The van der Waals surface area contributed by atoms with Crippen molar-refractivity contribution in [1.29, 1.82) is 0 Å². The smallest absolute Gasteiger partial charge is 0.236 e. The van der Waals surface area contributed by atoms with Crippen molar-refractivity contribution >= 4 is 5.91 Å². The van der Waals surface area contributed by atoms with Crippen LogP contribution in [0.1, 0.15) is 20.8 Å². The first-order valence-corrected chi connectivity index (χ1v) is 5.15. The highest BCUT2D eigenvalue weighted by Gasteiger charge is 2.28. The molecule has 1 aliphatic heterocycles. The summed E-state index contributed by atoms with van der Waals surface area (Å²) in [4.78, 5) is 13.6. The lowest BCUT2D eigenvalue weighted by Crippen LogP contribution is -2.53. The second kappa shape index (κ2) is 4.75. The van der Waals surface area contributed by atoms with Gasteiger partial charge in [-0.25, -0.2) is 0 Å². The molecule has 0 saturated carbocycles. The van der Waals surface area contributed by atoms with E-state index in [1.807, 2.05) is 20.8 Å². The number of nitrogens with zero attached hydrogens (tertiary/aromatic N) is 1. The van der Waals surface area contributed by atoms with Gasteiger partial charge in [-0.05, 0) is 20.8 Å². The molecule has 0 aromatic carbocycles. The molecule has 1 fully saturated rings. The van der Waals surface area contributed by atoms with E-state index >= 15 is 0 Å². The van der Waals surface area contributed by atoms with E-state index in [1.54, 1.807) is 7.05 Å². The molecule has 82 valence electrons. The van der Waals surface area contributed by atoms with E-state index in [9.17, 15) is 4.79 Å². The zero-order chi connectivity index (χ0) is 10.7. The Morgan fingerprint density at radius 3 is 2.36 bits per heavy atom. The highest BCUT2D eigenvalue weighted by atomic mass is 16.5. The molecule has 0 aliphatic carbocycles. The van der Waals surface area contributed by atoms with Crippen LogP contribution in [-0.4, -0.2) is 49.2 Å². The van der Waals surface area contributed by atoms with Crippen LogP contribution < -0.4 is 5.32 Å². The largest absolute Gasteiger partial charge is 0.373 e. The fraction of sp³-hybridized carbons (Fsp3) is 0.900. The number of rotatable bonds is 2. The summed E-state index contributed by atoms with van der Waals surface area (Å²) >= 11 is 0. The summed E-state index contributed by atoms with van der Waals surface area (Å²) in [6.07, 6.45) is 0.428. The Morgan fingerprint density at radius 2 is 1.93 bits per heavy atom. The Morgan fingerprint density at radius 1 is 1.43 bits per heavy atom. The molecule has 3 atom stereocenters. The fourth-order valence-corrected chi connectivity index (χ4v) is 1.91. The first-order valence-electron chi connectivity index (χ1n) is 5.15. The lowest BCUT2D eigenvalue weighted by atomic mass is 10.1. The van der Waals surface area contributed by atoms with E-state index in [0.29, 0.717) is 0 Å². The van der Waals surface area contributed by atoms with Crippen molar-refractivity contribution < 1.29 is 9.53 Å². The molecule has 1 heterocycles. The number of likely N-dealkylation sites (N-methyl/N-ethyl adjacent to an activating group) is 1. The predicted octanol–water partition coefficient (Wildman–Crippen LogP) is 0.230. The molecule has 1 saturated heterocycles. The molecule has 1 N–H and O–H groups in total. The van der Waals surface area contributed by atoms with Crippen LogP contribution in [0.3, 0.4) is 0 Å². The Bertz CT molecular complexity index is 198. The van der Waals surface area contributed by atoms with Crippen LogP contribution in [0.15, 0.2) is 0 Å². The van der Waals surface area contributed by atoms with Crippen molar-refractivity contribution in [2.45, 2.75) is 39.0 Å². The zero-order valence-electron chi connectivity index (χ0n) is 9.41. The minimum absolute atomic E-state index is 0.0613. The minimum atomic E-state index is -0.0613.